The van der Waals surface area contributed by atoms with E-state index in [1.165, 1.54) is 29.5 Å². The Morgan fingerprint density at radius 1 is 1.25 bits per heavy atom. The molecule has 1 aliphatic rings. The van der Waals surface area contributed by atoms with Gasteiger partial charge in [0.2, 0.25) is 5.91 Å². The standard InChI is InChI=1S/C20H21FN2O/c1-14(17-8-7-16-3-2-12-22-19(16)13-17)23-20(24)11-6-15-4-9-18(21)10-5-15/h4-11,13-14,22H,2-3,12H2,1H3,(H,23,24)/b11-6+. The summed E-state index contributed by atoms with van der Waals surface area (Å²) >= 11 is 0. The van der Waals surface area contributed by atoms with E-state index in [2.05, 4.69) is 28.8 Å². The Kier molecular flexibility index (Phi) is 4.94. The zero-order chi connectivity index (χ0) is 16.9. The van der Waals surface area contributed by atoms with Crippen molar-refractivity contribution in [2.45, 2.75) is 25.8 Å². The highest BCUT2D eigenvalue weighted by Crippen LogP contribution is 2.25. The normalized spacial score (nSPS) is 14.8. The van der Waals surface area contributed by atoms with Crippen LogP contribution in [0.3, 0.4) is 0 Å². The summed E-state index contributed by atoms with van der Waals surface area (Å²) in [6.07, 6.45) is 5.41. The van der Waals surface area contributed by atoms with E-state index in [1.807, 2.05) is 6.92 Å². The third-order valence-electron chi connectivity index (χ3n) is 4.23. The van der Waals surface area contributed by atoms with Gasteiger partial charge in [0.25, 0.3) is 0 Å². The van der Waals surface area contributed by atoms with Gasteiger partial charge < -0.3 is 10.6 Å². The Labute approximate surface area is 141 Å². The summed E-state index contributed by atoms with van der Waals surface area (Å²) in [5.41, 5.74) is 4.37. The summed E-state index contributed by atoms with van der Waals surface area (Å²) in [5.74, 6) is -0.455. The van der Waals surface area contributed by atoms with E-state index in [1.54, 1.807) is 18.2 Å². The van der Waals surface area contributed by atoms with Crippen molar-refractivity contribution in [2.24, 2.45) is 0 Å². The van der Waals surface area contributed by atoms with Crippen LogP contribution in [0.15, 0.2) is 48.5 Å². The van der Waals surface area contributed by atoms with Gasteiger partial charge in [-0.3, -0.25) is 4.79 Å². The molecule has 3 nitrogen and oxygen atoms in total. The van der Waals surface area contributed by atoms with Crippen LogP contribution in [0.25, 0.3) is 6.08 Å². The average Bonchev–Trinajstić information content (AvgIpc) is 2.61. The van der Waals surface area contributed by atoms with Gasteiger partial charge in [-0.15, -0.1) is 0 Å². The smallest absolute Gasteiger partial charge is 0.244 e. The van der Waals surface area contributed by atoms with Crippen molar-refractivity contribution in [1.29, 1.82) is 0 Å². The quantitative estimate of drug-likeness (QED) is 0.832. The third-order valence-corrected chi connectivity index (χ3v) is 4.23. The fraction of sp³-hybridized carbons (Fsp3) is 0.250. The molecule has 0 aromatic heterocycles. The van der Waals surface area contributed by atoms with Crippen LogP contribution in [0.1, 0.15) is 36.1 Å². The lowest BCUT2D eigenvalue weighted by molar-refractivity contribution is -0.117. The number of anilines is 1. The maximum Gasteiger partial charge on any atom is 0.244 e. The highest BCUT2D eigenvalue weighted by molar-refractivity contribution is 5.92. The van der Waals surface area contributed by atoms with Crippen molar-refractivity contribution in [3.05, 3.63) is 71.0 Å². The second-order valence-corrected chi connectivity index (χ2v) is 6.06. The molecule has 0 radical (unpaired) electrons. The molecule has 1 amide bonds. The second kappa shape index (κ2) is 7.30. The van der Waals surface area contributed by atoms with Gasteiger partial charge in [-0.25, -0.2) is 4.39 Å². The predicted octanol–water partition coefficient (Wildman–Crippen LogP) is 4.07. The number of rotatable bonds is 4. The van der Waals surface area contributed by atoms with Crippen LogP contribution in [0.2, 0.25) is 0 Å². The molecule has 3 rings (SSSR count). The number of carbonyl (C=O) groups excluding carboxylic acids is 1. The van der Waals surface area contributed by atoms with Crippen LogP contribution in [0.5, 0.6) is 0 Å². The molecule has 4 heteroatoms. The van der Waals surface area contributed by atoms with Crippen LogP contribution < -0.4 is 10.6 Å². The molecule has 2 aromatic carbocycles. The summed E-state index contributed by atoms with van der Waals surface area (Å²) in [6.45, 7) is 2.96. The first-order chi connectivity index (χ1) is 11.6. The minimum Gasteiger partial charge on any atom is -0.385 e. The zero-order valence-corrected chi connectivity index (χ0v) is 13.7. The van der Waals surface area contributed by atoms with Crippen molar-refractivity contribution >= 4 is 17.7 Å². The van der Waals surface area contributed by atoms with Crippen LogP contribution in [-0.2, 0) is 11.2 Å². The number of hydrogen-bond acceptors (Lipinski definition) is 2. The van der Waals surface area contributed by atoms with Gasteiger partial charge >= 0.3 is 0 Å². The van der Waals surface area contributed by atoms with Crippen molar-refractivity contribution in [2.75, 3.05) is 11.9 Å². The van der Waals surface area contributed by atoms with Gasteiger partial charge in [0.1, 0.15) is 5.82 Å². The minimum absolute atomic E-state index is 0.0793. The highest BCUT2D eigenvalue weighted by Gasteiger charge is 2.12. The summed E-state index contributed by atoms with van der Waals surface area (Å²) < 4.78 is 12.9. The monoisotopic (exact) mass is 324 g/mol. The van der Waals surface area contributed by atoms with Gasteiger partial charge in [-0.05, 0) is 60.7 Å². The maximum absolute atomic E-state index is 12.9. The van der Waals surface area contributed by atoms with Gasteiger partial charge in [0.05, 0.1) is 6.04 Å². The van der Waals surface area contributed by atoms with Crippen LogP contribution in [0, 0.1) is 5.82 Å². The van der Waals surface area contributed by atoms with Crippen LogP contribution in [0.4, 0.5) is 10.1 Å². The Bertz CT molecular complexity index is 753. The largest absolute Gasteiger partial charge is 0.385 e. The summed E-state index contributed by atoms with van der Waals surface area (Å²) in [5, 5.41) is 6.36. The molecule has 1 heterocycles. The van der Waals surface area contributed by atoms with Crippen molar-refractivity contribution in [3.63, 3.8) is 0 Å². The molecule has 2 N–H and O–H groups in total. The predicted molar refractivity (Wildman–Crippen MR) is 95.2 cm³/mol. The molecular formula is C20H21FN2O. The number of aryl methyl sites for hydroxylation is 1. The summed E-state index contributed by atoms with van der Waals surface area (Å²) in [4.78, 5) is 12.1. The fourth-order valence-electron chi connectivity index (χ4n) is 2.84. The number of benzene rings is 2. The van der Waals surface area contributed by atoms with Crippen molar-refractivity contribution in [1.82, 2.24) is 5.32 Å². The van der Waals surface area contributed by atoms with Crippen LogP contribution >= 0.6 is 0 Å². The SMILES string of the molecule is CC(NC(=O)/C=C/c1ccc(F)cc1)c1ccc2c(c1)NCCC2. The number of halogens is 1. The molecular weight excluding hydrogens is 303 g/mol. The first-order valence-corrected chi connectivity index (χ1v) is 8.22. The van der Waals surface area contributed by atoms with Gasteiger partial charge in [-0.2, -0.15) is 0 Å². The fourth-order valence-corrected chi connectivity index (χ4v) is 2.84. The Balaban J connectivity index is 1.62. The lowest BCUT2D eigenvalue weighted by Gasteiger charge is -2.21. The number of fused-ring (bicyclic) bond motifs is 1. The van der Waals surface area contributed by atoms with Gasteiger partial charge in [0, 0.05) is 18.3 Å². The van der Waals surface area contributed by atoms with E-state index < -0.39 is 0 Å². The Morgan fingerprint density at radius 2 is 2.04 bits per heavy atom. The third kappa shape index (κ3) is 4.02. The summed E-state index contributed by atoms with van der Waals surface area (Å²) in [7, 11) is 0. The molecule has 1 unspecified atom stereocenters. The Morgan fingerprint density at radius 3 is 2.83 bits per heavy atom. The molecule has 124 valence electrons. The van der Waals surface area contributed by atoms with E-state index in [4.69, 9.17) is 0 Å². The number of amides is 1. The van der Waals surface area contributed by atoms with Crippen LogP contribution in [-0.4, -0.2) is 12.5 Å². The lowest BCUT2D eigenvalue weighted by atomic mass is 9.99. The van der Waals surface area contributed by atoms with Crippen molar-refractivity contribution < 1.29 is 9.18 Å². The Hall–Kier alpha value is -2.62. The lowest BCUT2D eigenvalue weighted by Crippen LogP contribution is -2.25. The average molecular weight is 324 g/mol. The molecule has 24 heavy (non-hydrogen) atoms. The minimum atomic E-state index is -0.286. The molecule has 1 atom stereocenters. The molecule has 0 spiro atoms. The first kappa shape index (κ1) is 16.2. The molecule has 0 saturated carbocycles. The van der Waals surface area contributed by atoms with E-state index in [0.717, 1.165) is 30.5 Å². The molecule has 0 aliphatic carbocycles. The van der Waals surface area contributed by atoms with E-state index >= 15 is 0 Å². The maximum atomic E-state index is 12.9. The van der Waals surface area contributed by atoms with Gasteiger partial charge in [0.15, 0.2) is 0 Å². The topological polar surface area (TPSA) is 41.1 Å². The molecule has 2 aromatic rings. The molecule has 0 bridgehead atoms. The molecule has 0 saturated heterocycles. The number of hydrogen-bond donors (Lipinski definition) is 2. The second-order valence-electron chi connectivity index (χ2n) is 6.06. The van der Waals surface area contributed by atoms with E-state index in [9.17, 15) is 9.18 Å². The molecule has 1 aliphatic heterocycles. The van der Waals surface area contributed by atoms with Crippen molar-refractivity contribution in [3.8, 4) is 0 Å². The summed E-state index contributed by atoms with van der Waals surface area (Å²) in [6, 6.07) is 12.3. The first-order valence-electron chi connectivity index (χ1n) is 8.22. The zero-order valence-electron chi connectivity index (χ0n) is 13.7. The molecule has 0 fully saturated rings. The van der Waals surface area contributed by atoms with E-state index in [-0.39, 0.29) is 17.8 Å². The van der Waals surface area contributed by atoms with E-state index in [0.29, 0.717) is 0 Å². The highest BCUT2D eigenvalue weighted by atomic mass is 19.1. The van der Waals surface area contributed by atoms with Gasteiger partial charge in [-0.1, -0.05) is 24.3 Å². The number of nitrogens with one attached hydrogen (secondary N) is 2. The number of carbonyl (C=O) groups is 1.